The summed E-state index contributed by atoms with van der Waals surface area (Å²) >= 11 is 4.06. The van der Waals surface area contributed by atoms with Gasteiger partial charge >= 0.3 is 0 Å². The summed E-state index contributed by atoms with van der Waals surface area (Å²) in [6, 6.07) is 0. The molecule has 0 atom stereocenters. The fraction of sp³-hybridized carbons (Fsp3) is 0.600. The highest BCUT2D eigenvalue weighted by Gasteiger charge is 1.92. The highest BCUT2D eigenvalue weighted by Crippen LogP contribution is 2.10. The van der Waals surface area contributed by atoms with Gasteiger partial charge in [-0.25, -0.2) is 0 Å². The molecule has 1 nitrogen and oxygen atoms in total. The lowest BCUT2D eigenvalue weighted by Gasteiger charge is -1.98. The second kappa shape index (κ2) is 2.97. The molecule has 0 fully saturated rings. The van der Waals surface area contributed by atoms with Gasteiger partial charge in [-0.15, -0.1) is 12.6 Å². The number of nitrogens with two attached hydrogens (primary N) is 1. The SMILES string of the molecule is CC(C)/C(S)=C/N. The van der Waals surface area contributed by atoms with Gasteiger partial charge in [-0.3, -0.25) is 0 Å². The molecule has 0 saturated carbocycles. The first-order chi connectivity index (χ1) is 3.18. The molecular formula is C5H11NS. The zero-order valence-corrected chi connectivity index (χ0v) is 5.57. The average molecular weight is 117 g/mol. The molecule has 2 N–H and O–H groups in total. The van der Waals surface area contributed by atoms with E-state index in [2.05, 4.69) is 12.6 Å². The molecule has 42 valence electrons. The fourth-order valence-electron chi connectivity index (χ4n) is 0.192. The van der Waals surface area contributed by atoms with Gasteiger partial charge < -0.3 is 5.73 Å². The van der Waals surface area contributed by atoms with E-state index in [0.29, 0.717) is 5.92 Å². The molecule has 0 aliphatic rings. The van der Waals surface area contributed by atoms with Crippen LogP contribution in [0.5, 0.6) is 0 Å². The van der Waals surface area contributed by atoms with Gasteiger partial charge in [0.25, 0.3) is 0 Å². The van der Waals surface area contributed by atoms with Crippen LogP contribution < -0.4 is 5.73 Å². The Balaban J connectivity index is 3.56. The fourth-order valence-corrected chi connectivity index (χ4v) is 0.192. The maximum absolute atomic E-state index is 5.13. The molecule has 0 rings (SSSR count). The monoisotopic (exact) mass is 117 g/mol. The van der Waals surface area contributed by atoms with Gasteiger partial charge in [0.15, 0.2) is 0 Å². The molecule has 7 heavy (non-hydrogen) atoms. The molecule has 0 amide bonds. The van der Waals surface area contributed by atoms with Crippen molar-refractivity contribution in [2.45, 2.75) is 13.8 Å². The summed E-state index contributed by atoms with van der Waals surface area (Å²) in [4.78, 5) is 0.944. The third kappa shape index (κ3) is 2.57. The maximum Gasteiger partial charge on any atom is 0.00346 e. The molecule has 0 spiro atoms. The highest BCUT2D eigenvalue weighted by atomic mass is 32.1. The quantitative estimate of drug-likeness (QED) is 0.498. The van der Waals surface area contributed by atoms with Gasteiger partial charge in [0, 0.05) is 6.20 Å². The minimum atomic E-state index is 0.466. The number of hydrogen-bond acceptors (Lipinski definition) is 2. The van der Waals surface area contributed by atoms with E-state index in [1.807, 2.05) is 13.8 Å². The van der Waals surface area contributed by atoms with E-state index in [1.165, 1.54) is 6.20 Å². The molecule has 2 heteroatoms. The molecular weight excluding hydrogens is 106 g/mol. The normalized spacial score (nSPS) is 12.9. The Bertz CT molecular complexity index is 76.1. The predicted molar refractivity (Wildman–Crippen MR) is 36.1 cm³/mol. The van der Waals surface area contributed by atoms with Crippen molar-refractivity contribution in [1.29, 1.82) is 0 Å². The highest BCUT2D eigenvalue weighted by molar-refractivity contribution is 7.84. The summed E-state index contributed by atoms with van der Waals surface area (Å²) < 4.78 is 0. The van der Waals surface area contributed by atoms with Crippen LogP contribution in [0.4, 0.5) is 0 Å². The molecule has 0 aliphatic carbocycles. The summed E-state index contributed by atoms with van der Waals surface area (Å²) in [5, 5.41) is 0. The summed E-state index contributed by atoms with van der Waals surface area (Å²) in [5.41, 5.74) is 5.13. The van der Waals surface area contributed by atoms with Gasteiger partial charge in [0.05, 0.1) is 0 Å². The van der Waals surface area contributed by atoms with E-state index in [0.717, 1.165) is 4.91 Å². The van der Waals surface area contributed by atoms with Crippen molar-refractivity contribution in [3.05, 3.63) is 11.1 Å². The molecule has 0 aromatic heterocycles. The van der Waals surface area contributed by atoms with Crippen molar-refractivity contribution in [3.8, 4) is 0 Å². The van der Waals surface area contributed by atoms with E-state index in [4.69, 9.17) is 5.73 Å². The first kappa shape index (κ1) is 6.89. The van der Waals surface area contributed by atoms with Crippen LogP contribution in [-0.2, 0) is 0 Å². The third-order valence-corrected chi connectivity index (χ3v) is 1.43. The van der Waals surface area contributed by atoms with Crippen LogP contribution in [-0.4, -0.2) is 0 Å². The summed E-state index contributed by atoms with van der Waals surface area (Å²) in [6.07, 6.45) is 1.52. The second-order valence-electron chi connectivity index (χ2n) is 1.75. The number of thiol groups is 1. The van der Waals surface area contributed by atoms with Crippen molar-refractivity contribution in [2.24, 2.45) is 11.7 Å². The lowest BCUT2D eigenvalue weighted by Crippen LogP contribution is -1.89. The molecule has 0 saturated heterocycles. The average Bonchev–Trinajstić information content (AvgIpc) is 1.65. The van der Waals surface area contributed by atoms with E-state index < -0.39 is 0 Å². The zero-order valence-electron chi connectivity index (χ0n) is 4.68. The van der Waals surface area contributed by atoms with Crippen LogP contribution in [0.1, 0.15) is 13.8 Å². The first-order valence-electron chi connectivity index (χ1n) is 2.29. The molecule has 0 unspecified atom stereocenters. The smallest absolute Gasteiger partial charge is 0.00346 e. The summed E-state index contributed by atoms with van der Waals surface area (Å²) in [7, 11) is 0. The van der Waals surface area contributed by atoms with Crippen LogP contribution in [0, 0.1) is 5.92 Å². The number of rotatable bonds is 1. The Labute approximate surface area is 50.0 Å². The molecule has 0 aromatic carbocycles. The van der Waals surface area contributed by atoms with Gasteiger partial charge in [0.2, 0.25) is 0 Å². The Morgan fingerprint density at radius 2 is 2.14 bits per heavy atom. The van der Waals surface area contributed by atoms with E-state index in [1.54, 1.807) is 0 Å². The Morgan fingerprint density at radius 1 is 1.71 bits per heavy atom. The minimum absolute atomic E-state index is 0.466. The summed E-state index contributed by atoms with van der Waals surface area (Å²) in [6.45, 7) is 4.09. The van der Waals surface area contributed by atoms with Gasteiger partial charge in [-0.05, 0) is 10.8 Å². The van der Waals surface area contributed by atoms with Crippen LogP contribution in [0.15, 0.2) is 11.1 Å². The number of hydrogen-bond donors (Lipinski definition) is 2. The molecule has 0 heterocycles. The van der Waals surface area contributed by atoms with Crippen molar-refractivity contribution in [1.82, 2.24) is 0 Å². The van der Waals surface area contributed by atoms with Gasteiger partial charge in [-0.1, -0.05) is 13.8 Å². The van der Waals surface area contributed by atoms with Crippen LogP contribution in [0.3, 0.4) is 0 Å². The third-order valence-electron chi connectivity index (χ3n) is 0.762. The predicted octanol–water partition coefficient (Wildman–Crippen LogP) is 1.37. The maximum atomic E-state index is 5.13. The molecule has 0 aromatic rings. The molecule has 0 bridgehead atoms. The second-order valence-corrected chi connectivity index (χ2v) is 2.26. The van der Waals surface area contributed by atoms with Crippen molar-refractivity contribution in [3.63, 3.8) is 0 Å². The lowest BCUT2D eigenvalue weighted by molar-refractivity contribution is 0.815. The van der Waals surface area contributed by atoms with E-state index in [-0.39, 0.29) is 0 Å². The van der Waals surface area contributed by atoms with Gasteiger partial charge in [-0.2, -0.15) is 0 Å². The Morgan fingerprint density at radius 3 is 2.14 bits per heavy atom. The minimum Gasteiger partial charge on any atom is -0.404 e. The van der Waals surface area contributed by atoms with Crippen molar-refractivity contribution >= 4 is 12.6 Å². The standard InChI is InChI=1S/C5H11NS/c1-4(2)5(7)3-6/h3-4,7H,6H2,1-2H3/b5-3-. The van der Waals surface area contributed by atoms with Crippen molar-refractivity contribution < 1.29 is 0 Å². The van der Waals surface area contributed by atoms with Crippen molar-refractivity contribution in [2.75, 3.05) is 0 Å². The topological polar surface area (TPSA) is 26.0 Å². The van der Waals surface area contributed by atoms with E-state index >= 15 is 0 Å². The Hall–Kier alpha value is -0.110. The lowest BCUT2D eigenvalue weighted by atomic mass is 10.2. The van der Waals surface area contributed by atoms with Gasteiger partial charge in [0.1, 0.15) is 0 Å². The number of allylic oxidation sites excluding steroid dienone is 1. The van der Waals surface area contributed by atoms with Crippen LogP contribution in [0.2, 0.25) is 0 Å². The molecule has 0 radical (unpaired) electrons. The van der Waals surface area contributed by atoms with E-state index in [9.17, 15) is 0 Å². The summed E-state index contributed by atoms with van der Waals surface area (Å²) in [5.74, 6) is 0.466. The molecule has 0 aliphatic heterocycles. The Kier molecular flexibility index (Phi) is 2.92. The zero-order chi connectivity index (χ0) is 5.86. The first-order valence-corrected chi connectivity index (χ1v) is 2.74. The largest absolute Gasteiger partial charge is 0.404 e. The van der Waals surface area contributed by atoms with Crippen LogP contribution in [0.25, 0.3) is 0 Å². The van der Waals surface area contributed by atoms with Crippen LogP contribution >= 0.6 is 12.6 Å².